The van der Waals surface area contributed by atoms with Gasteiger partial charge < -0.3 is 4.57 Å². The Morgan fingerprint density at radius 1 is 0.600 bits per heavy atom. The van der Waals surface area contributed by atoms with Crippen LogP contribution in [0.15, 0.2) is 109 Å². The van der Waals surface area contributed by atoms with Gasteiger partial charge >= 0.3 is 0 Å². The first kappa shape index (κ1) is 20.5. The minimum Gasteiger partial charge on any atom is -0.309 e. The van der Waals surface area contributed by atoms with Crippen molar-refractivity contribution in [3.63, 3.8) is 0 Å². The summed E-state index contributed by atoms with van der Waals surface area (Å²) < 4.78 is 5.27. The number of fused-ring (bicyclic) bond motifs is 6. The lowest BCUT2D eigenvalue weighted by molar-refractivity contribution is 0.929. The van der Waals surface area contributed by atoms with Crippen molar-refractivity contribution in [2.24, 2.45) is 0 Å². The van der Waals surface area contributed by atoms with Gasteiger partial charge in [-0.3, -0.25) is 0 Å². The molecule has 168 valence electrons. The van der Waals surface area contributed by atoms with Gasteiger partial charge in [-0.05, 0) is 53.4 Å². The van der Waals surface area contributed by atoms with Crippen LogP contribution in [-0.2, 0) is 6.42 Å². The second-order valence-corrected chi connectivity index (χ2v) is 10.3. The van der Waals surface area contributed by atoms with Crippen molar-refractivity contribution < 1.29 is 0 Å². The quantitative estimate of drug-likeness (QED) is 0.243. The Morgan fingerprint density at radius 3 is 2.20 bits per heavy atom. The van der Waals surface area contributed by atoms with Crippen molar-refractivity contribution in [1.82, 2.24) is 4.57 Å². The largest absolute Gasteiger partial charge is 0.309 e. The topological polar surface area (TPSA) is 4.93 Å². The Bertz CT molecular complexity index is 1850. The van der Waals surface area contributed by atoms with Crippen LogP contribution < -0.4 is 0 Å². The summed E-state index contributed by atoms with van der Waals surface area (Å²) in [5.41, 5.74) is 7.71. The minimum atomic E-state index is 1.09. The zero-order chi connectivity index (χ0) is 23.4. The molecule has 1 nitrogen and oxygen atoms in total. The predicted molar refractivity (Wildman–Crippen MR) is 153 cm³/mol. The highest BCUT2D eigenvalue weighted by Crippen LogP contribution is 2.40. The second kappa shape index (κ2) is 8.11. The average Bonchev–Trinajstić information content (AvgIpc) is 3.45. The molecule has 0 atom stereocenters. The first-order valence-electron chi connectivity index (χ1n) is 12.3. The molecular weight excluding hydrogens is 442 g/mol. The summed E-state index contributed by atoms with van der Waals surface area (Å²) in [6.07, 6.45) is 2.22. The van der Waals surface area contributed by atoms with E-state index >= 15 is 0 Å². The first-order valence-corrected chi connectivity index (χ1v) is 13.2. The Balaban J connectivity index is 1.58. The summed E-state index contributed by atoms with van der Waals surface area (Å²) in [5, 5.41) is 5.33. The summed E-state index contributed by atoms with van der Waals surface area (Å²) in [5.74, 6) is 0. The van der Waals surface area contributed by atoms with Crippen LogP contribution in [0.4, 0.5) is 0 Å². The molecule has 0 bridgehead atoms. The SMILES string of the molecule is CCCc1cc(-n2c3ccccc3c3ccc(-c4ccccc4)cc32)cc2c1sc1ccccc12. The molecule has 0 aliphatic rings. The predicted octanol–water partition coefficient (Wildman–Crippen LogP) is 9.77. The van der Waals surface area contributed by atoms with Crippen molar-refractivity contribution in [1.29, 1.82) is 0 Å². The number of thiophene rings is 1. The monoisotopic (exact) mass is 467 g/mol. The van der Waals surface area contributed by atoms with Gasteiger partial charge in [-0.2, -0.15) is 0 Å². The molecule has 2 heteroatoms. The standard InChI is InChI=1S/C33H25NS/c1-2-10-24-19-25(21-29-28-14-7-9-16-32(28)35-33(24)29)34-30-15-8-6-13-26(30)27-18-17-23(20-31(27)34)22-11-4-3-5-12-22/h3-9,11-21H,2,10H2,1H3. The minimum absolute atomic E-state index is 1.09. The summed E-state index contributed by atoms with van der Waals surface area (Å²) >= 11 is 1.93. The lowest BCUT2D eigenvalue weighted by Gasteiger charge is -2.12. The number of nitrogens with zero attached hydrogens (tertiary/aromatic N) is 1. The molecule has 0 saturated heterocycles. The number of aryl methyl sites for hydroxylation is 1. The molecular formula is C33H25NS. The van der Waals surface area contributed by atoms with Gasteiger partial charge in [-0.15, -0.1) is 11.3 Å². The van der Waals surface area contributed by atoms with Gasteiger partial charge in [0, 0.05) is 36.6 Å². The molecule has 35 heavy (non-hydrogen) atoms. The zero-order valence-corrected chi connectivity index (χ0v) is 20.5. The Labute approximate surface area is 208 Å². The van der Waals surface area contributed by atoms with E-state index in [4.69, 9.17) is 0 Å². The van der Waals surface area contributed by atoms with Gasteiger partial charge in [0.25, 0.3) is 0 Å². The number of hydrogen-bond acceptors (Lipinski definition) is 1. The van der Waals surface area contributed by atoms with Crippen molar-refractivity contribution in [3.05, 3.63) is 115 Å². The van der Waals surface area contributed by atoms with Gasteiger partial charge in [0.2, 0.25) is 0 Å². The molecule has 7 rings (SSSR count). The first-order chi connectivity index (χ1) is 17.3. The van der Waals surface area contributed by atoms with Crippen LogP contribution in [0.1, 0.15) is 18.9 Å². The Morgan fingerprint density at radius 2 is 1.34 bits per heavy atom. The lowest BCUT2D eigenvalue weighted by Crippen LogP contribution is -1.96. The fourth-order valence-electron chi connectivity index (χ4n) is 5.52. The van der Waals surface area contributed by atoms with Gasteiger partial charge in [0.05, 0.1) is 11.0 Å². The molecule has 0 saturated carbocycles. The van der Waals surface area contributed by atoms with E-state index in [1.807, 2.05) is 11.3 Å². The van der Waals surface area contributed by atoms with E-state index < -0.39 is 0 Å². The number of aromatic nitrogens is 1. The highest BCUT2D eigenvalue weighted by Gasteiger charge is 2.16. The number of benzene rings is 5. The maximum atomic E-state index is 2.47. The Kier molecular flexibility index (Phi) is 4.75. The van der Waals surface area contributed by atoms with Crippen LogP contribution in [0.2, 0.25) is 0 Å². The fourth-order valence-corrected chi connectivity index (χ4v) is 6.75. The molecule has 0 fully saturated rings. The maximum absolute atomic E-state index is 2.47. The van der Waals surface area contributed by atoms with Crippen LogP contribution in [0.25, 0.3) is 58.8 Å². The molecule has 0 spiro atoms. The summed E-state index contributed by atoms with van der Waals surface area (Å²) in [6, 6.07) is 40.1. The third-order valence-corrected chi connectivity index (χ3v) is 8.36. The molecule has 7 aromatic rings. The van der Waals surface area contributed by atoms with Gasteiger partial charge in [0.1, 0.15) is 0 Å². The second-order valence-electron chi connectivity index (χ2n) is 9.28. The molecule has 0 aliphatic carbocycles. The van der Waals surface area contributed by atoms with Crippen LogP contribution >= 0.6 is 11.3 Å². The van der Waals surface area contributed by atoms with E-state index in [1.165, 1.54) is 64.4 Å². The van der Waals surface area contributed by atoms with E-state index in [0.717, 1.165) is 12.8 Å². The molecule has 0 unspecified atom stereocenters. The molecule has 5 aromatic carbocycles. The third-order valence-electron chi connectivity index (χ3n) is 7.10. The number of para-hydroxylation sites is 1. The summed E-state index contributed by atoms with van der Waals surface area (Å²) in [6.45, 7) is 2.28. The van der Waals surface area contributed by atoms with E-state index in [1.54, 1.807) is 0 Å². The van der Waals surface area contributed by atoms with E-state index in [0.29, 0.717) is 0 Å². The van der Waals surface area contributed by atoms with Crippen LogP contribution in [0, 0.1) is 0 Å². The smallest absolute Gasteiger partial charge is 0.0547 e. The van der Waals surface area contributed by atoms with Crippen LogP contribution in [0.3, 0.4) is 0 Å². The van der Waals surface area contributed by atoms with E-state index in [9.17, 15) is 0 Å². The lowest BCUT2D eigenvalue weighted by atomic mass is 10.0. The van der Waals surface area contributed by atoms with E-state index in [2.05, 4.69) is 121 Å². The van der Waals surface area contributed by atoms with Crippen molar-refractivity contribution in [2.45, 2.75) is 19.8 Å². The summed E-state index contributed by atoms with van der Waals surface area (Å²) in [7, 11) is 0. The number of rotatable bonds is 4. The molecule has 0 aliphatic heterocycles. The van der Waals surface area contributed by atoms with Gasteiger partial charge in [-0.25, -0.2) is 0 Å². The van der Waals surface area contributed by atoms with Crippen molar-refractivity contribution in [3.8, 4) is 16.8 Å². The average molecular weight is 468 g/mol. The molecule has 0 radical (unpaired) electrons. The normalized spacial score (nSPS) is 11.8. The summed E-state index contributed by atoms with van der Waals surface area (Å²) in [4.78, 5) is 0. The molecule has 2 heterocycles. The van der Waals surface area contributed by atoms with Crippen molar-refractivity contribution >= 4 is 53.3 Å². The van der Waals surface area contributed by atoms with Crippen molar-refractivity contribution in [2.75, 3.05) is 0 Å². The maximum Gasteiger partial charge on any atom is 0.0547 e. The van der Waals surface area contributed by atoms with E-state index in [-0.39, 0.29) is 0 Å². The molecule has 2 aromatic heterocycles. The number of hydrogen-bond donors (Lipinski definition) is 0. The van der Waals surface area contributed by atoms with Gasteiger partial charge in [-0.1, -0.05) is 92.2 Å². The highest BCUT2D eigenvalue weighted by atomic mass is 32.1. The van der Waals surface area contributed by atoms with Crippen LogP contribution in [0.5, 0.6) is 0 Å². The van der Waals surface area contributed by atoms with Crippen LogP contribution in [-0.4, -0.2) is 4.57 Å². The Hall–Kier alpha value is -3.88. The molecule has 0 N–H and O–H groups in total. The third kappa shape index (κ3) is 3.21. The van der Waals surface area contributed by atoms with Gasteiger partial charge in [0.15, 0.2) is 0 Å². The molecule has 0 amide bonds. The fraction of sp³-hybridized carbons (Fsp3) is 0.0909. The zero-order valence-electron chi connectivity index (χ0n) is 19.7. The highest BCUT2D eigenvalue weighted by molar-refractivity contribution is 7.26.